The highest BCUT2D eigenvalue weighted by Crippen LogP contribution is 2.43. The van der Waals surface area contributed by atoms with Crippen molar-refractivity contribution in [3.05, 3.63) is 99.0 Å². The summed E-state index contributed by atoms with van der Waals surface area (Å²) in [5.74, 6) is 1.23. The van der Waals surface area contributed by atoms with Crippen molar-refractivity contribution in [1.82, 2.24) is 5.32 Å². The van der Waals surface area contributed by atoms with Crippen LogP contribution in [0.1, 0.15) is 60.0 Å². The molecule has 0 aliphatic heterocycles. The lowest BCUT2D eigenvalue weighted by molar-refractivity contribution is 0.400. The van der Waals surface area contributed by atoms with Gasteiger partial charge >= 0.3 is 0 Å². The molecule has 1 N–H and O–H groups in total. The molecule has 0 spiro atoms. The molecular weight excluding hydrogens is 401 g/mol. The fourth-order valence-corrected chi connectivity index (χ4v) is 4.64. The SMILES string of the molecule is COc1ccc(C(C)NC2CCC(c3ccc(Cl)c(Cl)c3)c3ccccc32)cc1. The Bertz CT molecular complexity index is 986. The predicted molar refractivity (Wildman–Crippen MR) is 121 cm³/mol. The summed E-state index contributed by atoms with van der Waals surface area (Å²) in [6.07, 6.45) is 2.14. The number of ether oxygens (including phenoxy) is 1. The summed E-state index contributed by atoms with van der Waals surface area (Å²) in [6, 6.07) is 23.6. The highest BCUT2D eigenvalue weighted by Gasteiger charge is 2.29. The number of fused-ring (bicyclic) bond motifs is 1. The minimum absolute atomic E-state index is 0.250. The van der Waals surface area contributed by atoms with Crippen LogP contribution in [0.2, 0.25) is 10.0 Å². The average Bonchev–Trinajstić information content (AvgIpc) is 2.76. The van der Waals surface area contributed by atoms with E-state index in [2.05, 4.69) is 54.7 Å². The largest absolute Gasteiger partial charge is 0.497 e. The molecule has 0 radical (unpaired) electrons. The van der Waals surface area contributed by atoms with Gasteiger partial charge in [-0.15, -0.1) is 0 Å². The molecule has 0 bridgehead atoms. The Kier molecular flexibility index (Phi) is 6.15. The van der Waals surface area contributed by atoms with Crippen LogP contribution in [0.5, 0.6) is 5.75 Å². The molecule has 29 heavy (non-hydrogen) atoms. The van der Waals surface area contributed by atoms with E-state index in [1.165, 1.54) is 22.3 Å². The quantitative estimate of drug-likeness (QED) is 0.462. The van der Waals surface area contributed by atoms with E-state index in [0.717, 1.165) is 18.6 Å². The maximum absolute atomic E-state index is 6.29. The van der Waals surface area contributed by atoms with Crippen molar-refractivity contribution in [3.8, 4) is 5.75 Å². The van der Waals surface area contributed by atoms with Crippen molar-refractivity contribution >= 4 is 23.2 Å². The maximum atomic E-state index is 6.29. The zero-order valence-corrected chi connectivity index (χ0v) is 18.2. The Hall–Kier alpha value is -2.00. The third-order valence-corrected chi connectivity index (χ3v) is 6.64. The van der Waals surface area contributed by atoms with Crippen LogP contribution >= 0.6 is 23.2 Å². The standard InChI is InChI=1S/C25H25Cl2NO/c1-16(17-7-10-19(29-2)11-8-17)28-25-14-12-20(21-5-3-4-6-22(21)25)18-9-13-23(26)24(27)15-18/h3-11,13,15-16,20,25,28H,12,14H2,1-2H3. The molecule has 1 aliphatic carbocycles. The van der Waals surface area contributed by atoms with Crippen molar-refractivity contribution < 1.29 is 4.74 Å². The topological polar surface area (TPSA) is 21.3 Å². The molecule has 4 rings (SSSR count). The third-order valence-electron chi connectivity index (χ3n) is 5.90. The Balaban J connectivity index is 1.58. The second-order valence-electron chi connectivity index (χ2n) is 7.65. The van der Waals surface area contributed by atoms with E-state index in [-0.39, 0.29) is 6.04 Å². The smallest absolute Gasteiger partial charge is 0.118 e. The molecule has 3 aromatic rings. The van der Waals surface area contributed by atoms with Crippen LogP contribution in [0.15, 0.2) is 66.7 Å². The minimum atomic E-state index is 0.250. The number of rotatable bonds is 5. The first-order chi connectivity index (χ1) is 14.1. The number of methoxy groups -OCH3 is 1. The highest BCUT2D eigenvalue weighted by molar-refractivity contribution is 6.42. The van der Waals surface area contributed by atoms with E-state index in [1.807, 2.05) is 24.3 Å². The van der Waals surface area contributed by atoms with Gasteiger partial charge in [-0.25, -0.2) is 0 Å². The van der Waals surface area contributed by atoms with Gasteiger partial charge in [0.25, 0.3) is 0 Å². The molecule has 3 atom stereocenters. The molecule has 1 aliphatic rings. The van der Waals surface area contributed by atoms with Gasteiger partial charge in [0.05, 0.1) is 17.2 Å². The van der Waals surface area contributed by atoms with Gasteiger partial charge in [0.1, 0.15) is 5.75 Å². The Morgan fingerprint density at radius 2 is 1.62 bits per heavy atom. The zero-order chi connectivity index (χ0) is 20.4. The van der Waals surface area contributed by atoms with E-state index >= 15 is 0 Å². The molecule has 0 saturated carbocycles. The molecule has 0 saturated heterocycles. The summed E-state index contributed by atoms with van der Waals surface area (Å²) in [7, 11) is 1.69. The van der Waals surface area contributed by atoms with Crippen LogP contribution in [0.25, 0.3) is 0 Å². The minimum Gasteiger partial charge on any atom is -0.497 e. The predicted octanol–water partition coefficient (Wildman–Crippen LogP) is 7.32. The van der Waals surface area contributed by atoms with E-state index < -0.39 is 0 Å². The number of nitrogens with one attached hydrogen (secondary N) is 1. The Morgan fingerprint density at radius 3 is 2.31 bits per heavy atom. The fourth-order valence-electron chi connectivity index (χ4n) is 4.33. The molecule has 3 unspecified atom stereocenters. The summed E-state index contributed by atoms with van der Waals surface area (Å²) in [5.41, 5.74) is 5.23. The molecule has 2 nitrogen and oxygen atoms in total. The molecule has 150 valence electrons. The Morgan fingerprint density at radius 1 is 0.897 bits per heavy atom. The van der Waals surface area contributed by atoms with Crippen molar-refractivity contribution in [1.29, 1.82) is 0 Å². The number of halogens is 2. The average molecular weight is 426 g/mol. The molecule has 0 amide bonds. The fraction of sp³-hybridized carbons (Fsp3) is 0.280. The number of benzene rings is 3. The third kappa shape index (κ3) is 4.30. The van der Waals surface area contributed by atoms with Crippen molar-refractivity contribution in [2.45, 2.75) is 37.8 Å². The molecule has 0 fully saturated rings. The lowest BCUT2D eigenvalue weighted by Crippen LogP contribution is -2.29. The first-order valence-electron chi connectivity index (χ1n) is 10.0. The highest BCUT2D eigenvalue weighted by atomic mass is 35.5. The van der Waals surface area contributed by atoms with Crippen molar-refractivity contribution in [2.24, 2.45) is 0 Å². The van der Waals surface area contributed by atoms with Gasteiger partial charge in [-0.05, 0) is 66.3 Å². The zero-order valence-electron chi connectivity index (χ0n) is 16.7. The lowest BCUT2D eigenvalue weighted by Gasteiger charge is -2.34. The van der Waals surface area contributed by atoms with Crippen LogP contribution in [0, 0.1) is 0 Å². The first kappa shape index (κ1) is 20.3. The normalized spacial score (nSPS) is 19.4. The summed E-state index contributed by atoms with van der Waals surface area (Å²) in [4.78, 5) is 0. The lowest BCUT2D eigenvalue weighted by atomic mass is 9.76. The van der Waals surface area contributed by atoms with Crippen LogP contribution in [-0.4, -0.2) is 7.11 Å². The second-order valence-corrected chi connectivity index (χ2v) is 8.46. The summed E-state index contributed by atoms with van der Waals surface area (Å²) in [5, 5.41) is 5.06. The number of hydrogen-bond acceptors (Lipinski definition) is 2. The van der Waals surface area contributed by atoms with Gasteiger partial charge < -0.3 is 10.1 Å². The maximum Gasteiger partial charge on any atom is 0.118 e. The van der Waals surface area contributed by atoms with E-state index in [1.54, 1.807) is 7.11 Å². The van der Waals surface area contributed by atoms with Crippen LogP contribution in [-0.2, 0) is 0 Å². The molecule has 0 aromatic heterocycles. The van der Waals surface area contributed by atoms with Gasteiger partial charge in [-0.2, -0.15) is 0 Å². The molecular formula is C25H25Cl2NO. The van der Waals surface area contributed by atoms with E-state index in [9.17, 15) is 0 Å². The van der Waals surface area contributed by atoms with Crippen LogP contribution < -0.4 is 10.1 Å². The number of hydrogen-bond donors (Lipinski definition) is 1. The van der Waals surface area contributed by atoms with Gasteiger partial charge in [-0.3, -0.25) is 0 Å². The van der Waals surface area contributed by atoms with Gasteiger partial charge in [-0.1, -0.05) is 65.7 Å². The summed E-state index contributed by atoms with van der Waals surface area (Å²) >= 11 is 12.4. The van der Waals surface area contributed by atoms with Crippen molar-refractivity contribution in [3.63, 3.8) is 0 Å². The van der Waals surface area contributed by atoms with Gasteiger partial charge in [0, 0.05) is 18.0 Å². The summed E-state index contributed by atoms with van der Waals surface area (Å²) in [6.45, 7) is 2.22. The molecule has 4 heteroatoms. The van der Waals surface area contributed by atoms with E-state index in [4.69, 9.17) is 27.9 Å². The first-order valence-corrected chi connectivity index (χ1v) is 10.8. The van der Waals surface area contributed by atoms with E-state index in [0.29, 0.717) is 22.0 Å². The second kappa shape index (κ2) is 8.79. The Labute approximate surface area is 182 Å². The van der Waals surface area contributed by atoms with Crippen LogP contribution in [0.3, 0.4) is 0 Å². The summed E-state index contributed by atoms with van der Waals surface area (Å²) < 4.78 is 5.28. The van der Waals surface area contributed by atoms with Crippen molar-refractivity contribution in [2.75, 3.05) is 7.11 Å². The molecule has 3 aromatic carbocycles. The van der Waals surface area contributed by atoms with Gasteiger partial charge in [0.15, 0.2) is 0 Å². The van der Waals surface area contributed by atoms with Crippen LogP contribution in [0.4, 0.5) is 0 Å². The molecule has 0 heterocycles. The van der Waals surface area contributed by atoms with Gasteiger partial charge in [0.2, 0.25) is 0 Å². The monoisotopic (exact) mass is 425 g/mol.